The number of carbonyl (C=O) groups excluding carboxylic acids is 1. The Labute approximate surface area is 181 Å². The maximum atomic E-state index is 12.4. The second-order valence-corrected chi connectivity index (χ2v) is 9.05. The first-order valence-corrected chi connectivity index (χ1v) is 11.8. The number of aromatic nitrogens is 1. The molecule has 0 bridgehead atoms. The van der Waals surface area contributed by atoms with Crippen LogP contribution in [0.1, 0.15) is 54.5 Å². The zero-order valence-electron chi connectivity index (χ0n) is 17.7. The highest BCUT2D eigenvalue weighted by molar-refractivity contribution is 7.98. The summed E-state index contributed by atoms with van der Waals surface area (Å²) in [4.78, 5) is 18.6. The molecule has 2 N–H and O–H groups in total. The quantitative estimate of drug-likeness (QED) is 0.424. The van der Waals surface area contributed by atoms with Crippen molar-refractivity contribution in [3.63, 3.8) is 0 Å². The van der Waals surface area contributed by atoms with Crippen molar-refractivity contribution in [2.75, 3.05) is 19.6 Å². The van der Waals surface area contributed by atoms with Gasteiger partial charge < -0.3 is 19.1 Å². The number of amides is 1. The summed E-state index contributed by atoms with van der Waals surface area (Å²) in [5.41, 5.74) is 2.77. The zero-order valence-corrected chi connectivity index (χ0v) is 18.5. The van der Waals surface area contributed by atoms with Gasteiger partial charge >= 0.3 is 0 Å². The number of rotatable bonds is 8. The lowest BCUT2D eigenvalue weighted by molar-refractivity contribution is -0.928. The molecular formula is C23H30N3O3S+. The Balaban J connectivity index is 1.23. The molecule has 3 aromatic rings. The summed E-state index contributed by atoms with van der Waals surface area (Å²) < 4.78 is 11.5. The van der Waals surface area contributed by atoms with Gasteiger partial charge in [-0.1, -0.05) is 23.9 Å². The first-order valence-electron chi connectivity index (χ1n) is 10.8. The molecule has 0 aliphatic carbocycles. The normalized spacial score (nSPS) is 19.3. The Kier molecular flexibility index (Phi) is 6.79. The molecule has 7 heteroatoms. The van der Waals surface area contributed by atoms with Crippen molar-refractivity contribution in [1.29, 1.82) is 0 Å². The highest BCUT2D eigenvalue weighted by atomic mass is 32.2. The van der Waals surface area contributed by atoms with E-state index in [1.165, 1.54) is 37.6 Å². The summed E-state index contributed by atoms with van der Waals surface area (Å²) in [6.07, 6.45) is 4.99. The van der Waals surface area contributed by atoms with Crippen molar-refractivity contribution in [1.82, 2.24) is 10.3 Å². The number of para-hydroxylation sites is 1. The standard InChI is InChI=1S/C23H29N3O3S/c1-16-7-5-9-19-21(16)25-23(29-19)30-15-18-10-11-20(28-18)22(27)24-12-6-14-26-13-4-3-8-17(26)2/h5,7,9-11,17H,3-4,6,8,12-15H2,1-2H3,(H,24,27)/p+1/t17-/m0/s1. The molecule has 1 saturated heterocycles. The third kappa shape index (κ3) is 5.08. The predicted octanol–water partition coefficient (Wildman–Crippen LogP) is 3.60. The van der Waals surface area contributed by atoms with Crippen LogP contribution in [-0.4, -0.2) is 36.6 Å². The van der Waals surface area contributed by atoms with E-state index in [2.05, 4.69) is 17.2 Å². The largest absolute Gasteiger partial charge is 0.455 e. The van der Waals surface area contributed by atoms with Gasteiger partial charge in [-0.25, -0.2) is 4.98 Å². The number of carbonyl (C=O) groups is 1. The van der Waals surface area contributed by atoms with Gasteiger partial charge in [-0.15, -0.1) is 0 Å². The summed E-state index contributed by atoms with van der Waals surface area (Å²) in [7, 11) is 0. The monoisotopic (exact) mass is 428 g/mol. The van der Waals surface area contributed by atoms with Gasteiger partial charge in [-0.3, -0.25) is 4.79 Å². The van der Waals surface area contributed by atoms with Gasteiger partial charge in [-0.05, 0) is 56.9 Å². The lowest BCUT2D eigenvalue weighted by Crippen LogP contribution is -3.16. The number of piperidine rings is 1. The number of quaternary nitrogens is 1. The summed E-state index contributed by atoms with van der Waals surface area (Å²) >= 11 is 1.46. The van der Waals surface area contributed by atoms with E-state index in [-0.39, 0.29) is 5.91 Å². The number of nitrogens with zero attached hydrogens (tertiary/aromatic N) is 1. The van der Waals surface area contributed by atoms with E-state index < -0.39 is 0 Å². The fourth-order valence-corrected chi connectivity index (χ4v) is 4.79. The maximum absolute atomic E-state index is 12.4. The Morgan fingerprint density at radius 1 is 1.27 bits per heavy atom. The van der Waals surface area contributed by atoms with Crippen LogP contribution in [0.3, 0.4) is 0 Å². The minimum Gasteiger partial charge on any atom is -0.455 e. The molecule has 0 spiro atoms. The Bertz CT molecular complexity index is 997. The minimum absolute atomic E-state index is 0.148. The number of aryl methyl sites for hydroxylation is 1. The second-order valence-electron chi connectivity index (χ2n) is 8.12. The van der Waals surface area contributed by atoms with Crippen LogP contribution in [0.5, 0.6) is 0 Å². The molecule has 6 nitrogen and oxygen atoms in total. The zero-order chi connectivity index (χ0) is 20.9. The van der Waals surface area contributed by atoms with Crippen LogP contribution in [0.4, 0.5) is 0 Å². The van der Waals surface area contributed by atoms with E-state index in [0.29, 0.717) is 23.3 Å². The molecule has 4 rings (SSSR count). The van der Waals surface area contributed by atoms with Crippen LogP contribution < -0.4 is 10.2 Å². The van der Waals surface area contributed by atoms with Crippen molar-refractivity contribution < 1.29 is 18.5 Å². The van der Waals surface area contributed by atoms with Gasteiger partial charge in [0.25, 0.3) is 11.1 Å². The van der Waals surface area contributed by atoms with E-state index in [4.69, 9.17) is 8.83 Å². The third-order valence-electron chi connectivity index (χ3n) is 5.87. The first-order chi connectivity index (χ1) is 14.6. The second kappa shape index (κ2) is 9.71. The van der Waals surface area contributed by atoms with Crippen LogP contribution in [0.2, 0.25) is 0 Å². The molecule has 160 valence electrons. The van der Waals surface area contributed by atoms with Gasteiger partial charge in [0.2, 0.25) is 0 Å². The number of oxazole rings is 1. The summed E-state index contributed by atoms with van der Waals surface area (Å²) in [6.45, 7) is 7.41. The van der Waals surface area contributed by atoms with Crippen molar-refractivity contribution >= 4 is 28.8 Å². The van der Waals surface area contributed by atoms with Gasteiger partial charge in [-0.2, -0.15) is 0 Å². The van der Waals surface area contributed by atoms with Gasteiger partial charge in [0.05, 0.1) is 24.9 Å². The summed E-state index contributed by atoms with van der Waals surface area (Å²) in [5, 5.41) is 3.59. The molecule has 1 aliphatic heterocycles. The number of hydrogen-bond acceptors (Lipinski definition) is 5. The first kappa shape index (κ1) is 21.0. The minimum atomic E-state index is -0.148. The Morgan fingerprint density at radius 2 is 2.17 bits per heavy atom. The fraction of sp³-hybridized carbons (Fsp3) is 0.478. The lowest BCUT2D eigenvalue weighted by Gasteiger charge is -2.30. The third-order valence-corrected chi connectivity index (χ3v) is 6.72. The highest BCUT2D eigenvalue weighted by Gasteiger charge is 2.21. The Morgan fingerprint density at radius 3 is 3.00 bits per heavy atom. The molecular weight excluding hydrogens is 398 g/mol. The molecule has 0 radical (unpaired) electrons. The van der Waals surface area contributed by atoms with Crippen LogP contribution in [0.25, 0.3) is 11.1 Å². The number of hydrogen-bond donors (Lipinski definition) is 2. The van der Waals surface area contributed by atoms with E-state index in [0.717, 1.165) is 41.4 Å². The molecule has 30 heavy (non-hydrogen) atoms. The van der Waals surface area contributed by atoms with Crippen molar-refractivity contribution in [2.24, 2.45) is 0 Å². The molecule has 1 amide bonds. The highest BCUT2D eigenvalue weighted by Crippen LogP contribution is 2.28. The molecule has 3 heterocycles. The topological polar surface area (TPSA) is 72.7 Å². The van der Waals surface area contributed by atoms with E-state index >= 15 is 0 Å². The van der Waals surface area contributed by atoms with Crippen LogP contribution in [-0.2, 0) is 5.75 Å². The average molecular weight is 429 g/mol. The maximum Gasteiger partial charge on any atom is 0.286 e. The van der Waals surface area contributed by atoms with E-state index in [1.54, 1.807) is 11.0 Å². The number of furan rings is 1. The van der Waals surface area contributed by atoms with Gasteiger partial charge in [0, 0.05) is 13.0 Å². The fourth-order valence-electron chi connectivity index (χ4n) is 4.07. The van der Waals surface area contributed by atoms with Gasteiger partial charge in [0.15, 0.2) is 11.3 Å². The molecule has 1 unspecified atom stereocenters. The predicted molar refractivity (Wildman–Crippen MR) is 118 cm³/mol. The number of nitrogens with one attached hydrogen (secondary N) is 2. The van der Waals surface area contributed by atoms with Crippen molar-refractivity contribution in [3.05, 3.63) is 47.4 Å². The van der Waals surface area contributed by atoms with Crippen LogP contribution in [0.15, 0.2) is 44.4 Å². The van der Waals surface area contributed by atoms with Gasteiger partial charge in [0.1, 0.15) is 11.3 Å². The van der Waals surface area contributed by atoms with E-state index in [9.17, 15) is 4.79 Å². The summed E-state index contributed by atoms with van der Waals surface area (Å²) in [5.74, 6) is 1.51. The molecule has 1 aromatic carbocycles. The average Bonchev–Trinajstić information content (AvgIpc) is 3.38. The van der Waals surface area contributed by atoms with Crippen molar-refractivity contribution in [2.45, 2.75) is 56.5 Å². The smallest absolute Gasteiger partial charge is 0.286 e. The lowest BCUT2D eigenvalue weighted by atomic mass is 10.0. The van der Waals surface area contributed by atoms with Crippen molar-refractivity contribution in [3.8, 4) is 0 Å². The SMILES string of the molecule is Cc1cccc2oc(SCc3ccc(C(=O)NCCC[NH+]4CCCC[C@@H]4C)o3)nc12. The molecule has 1 fully saturated rings. The molecule has 2 atom stereocenters. The number of likely N-dealkylation sites (tertiary alicyclic amines) is 1. The number of thioether (sulfide) groups is 1. The number of fused-ring (bicyclic) bond motifs is 1. The molecule has 2 aromatic heterocycles. The Hall–Kier alpha value is -2.25. The van der Waals surface area contributed by atoms with E-state index in [1.807, 2.05) is 31.2 Å². The molecule has 0 saturated carbocycles. The summed E-state index contributed by atoms with van der Waals surface area (Å²) in [6, 6.07) is 10.2. The number of benzene rings is 1. The van der Waals surface area contributed by atoms with Crippen LogP contribution >= 0.6 is 11.8 Å². The molecule has 1 aliphatic rings. The van der Waals surface area contributed by atoms with Crippen LogP contribution in [0, 0.1) is 6.92 Å².